The maximum atomic E-state index is 12.4. The number of aromatic nitrogens is 2. The third-order valence-electron chi connectivity index (χ3n) is 4.71. The van der Waals surface area contributed by atoms with Gasteiger partial charge in [-0.3, -0.25) is 4.79 Å². The number of benzene rings is 1. The van der Waals surface area contributed by atoms with Crippen LogP contribution in [0.5, 0.6) is 5.75 Å². The van der Waals surface area contributed by atoms with Gasteiger partial charge in [-0.1, -0.05) is 12.1 Å². The second-order valence-corrected chi connectivity index (χ2v) is 6.66. The summed E-state index contributed by atoms with van der Waals surface area (Å²) in [6.07, 6.45) is 3.47. The predicted molar refractivity (Wildman–Crippen MR) is 103 cm³/mol. The van der Waals surface area contributed by atoms with Crippen molar-refractivity contribution >= 4 is 17.5 Å². The highest BCUT2D eigenvalue weighted by atomic mass is 16.5. The monoisotopic (exact) mass is 354 g/mol. The summed E-state index contributed by atoms with van der Waals surface area (Å²) in [6.45, 7) is 5.86. The Morgan fingerprint density at radius 1 is 1.12 bits per heavy atom. The molecule has 2 heterocycles. The molecule has 1 aromatic carbocycles. The fourth-order valence-electron chi connectivity index (χ4n) is 3.19. The normalized spacial score (nSPS) is 13.7. The standard InChI is InChI=1S/C20H26N4O2/c1-14-19(15(2)22-20(21-14)24-12-4-5-13-24)23-18(25)11-8-16-6-9-17(26-3)10-7-16/h6-7,9-10H,4-5,8,11-13H2,1-3H3,(H,23,25). The fraction of sp³-hybridized carbons (Fsp3) is 0.450. The molecule has 1 aromatic heterocycles. The van der Waals surface area contributed by atoms with Crippen molar-refractivity contribution < 1.29 is 9.53 Å². The van der Waals surface area contributed by atoms with Gasteiger partial charge in [0.15, 0.2) is 0 Å². The van der Waals surface area contributed by atoms with Crippen molar-refractivity contribution in [3.63, 3.8) is 0 Å². The van der Waals surface area contributed by atoms with Gasteiger partial charge in [-0.15, -0.1) is 0 Å². The lowest BCUT2D eigenvalue weighted by Gasteiger charge is -2.18. The molecular weight excluding hydrogens is 328 g/mol. The van der Waals surface area contributed by atoms with Crippen molar-refractivity contribution in [3.05, 3.63) is 41.2 Å². The van der Waals surface area contributed by atoms with Crippen molar-refractivity contribution in [2.75, 3.05) is 30.4 Å². The summed E-state index contributed by atoms with van der Waals surface area (Å²) in [7, 11) is 1.64. The number of amides is 1. The molecule has 1 saturated heterocycles. The number of anilines is 2. The van der Waals surface area contributed by atoms with E-state index in [1.165, 1.54) is 12.8 Å². The zero-order valence-corrected chi connectivity index (χ0v) is 15.7. The Balaban J connectivity index is 1.61. The number of carbonyl (C=O) groups excluding carboxylic acids is 1. The summed E-state index contributed by atoms with van der Waals surface area (Å²) in [5.41, 5.74) is 3.47. The van der Waals surface area contributed by atoms with Gasteiger partial charge in [-0.05, 0) is 50.8 Å². The third kappa shape index (κ3) is 4.31. The van der Waals surface area contributed by atoms with E-state index >= 15 is 0 Å². The van der Waals surface area contributed by atoms with E-state index in [1.54, 1.807) is 7.11 Å². The maximum absolute atomic E-state index is 12.4. The molecule has 0 radical (unpaired) electrons. The molecule has 26 heavy (non-hydrogen) atoms. The Hall–Kier alpha value is -2.63. The number of ether oxygens (including phenoxy) is 1. The highest BCUT2D eigenvalue weighted by molar-refractivity contribution is 5.92. The largest absolute Gasteiger partial charge is 0.497 e. The molecule has 0 bridgehead atoms. The van der Waals surface area contributed by atoms with Gasteiger partial charge in [0.2, 0.25) is 11.9 Å². The van der Waals surface area contributed by atoms with Crippen LogP contribution in [0, 0.1) is 13.8 Å². The van der Waals surface area contributed by atoms with E-state index in [9.17, 15) is 4.79 Å². The van der Waals surface area contributed by atoms with Crippen LogP contribution >= 0.6 is 0 Å². The second kappa shape index (κ2) is 8.17. The number of methoxy groups -OCH3 is 1. The summed E-state index contributed by atoms with van der Waals surface area (Å²) in [5, 5.41) is 2.98. The summed E-state index contributed by atoms with van der Waals surface area (Å²) < 4.78 is 5.15. The Morgan fingerprint density at radius 3 is 2.31 bits per heavy atom. The van der Waals surface area contributed by atoms with E-state index in [-0.39, 0.29) is 5.91 Å². The number of carbonyl (C=O) groups is 1. The topological polar surface area (TPSA) is 67.3 Å². The van der Waals surface area contributed by atoms with Crippen LogP contribution in [-0.2, 0) is 11.2 Å². The Kier molecular flexibility index (Phi) is 5.71. The quantitative estimate of drug-likeness (QED) is 0.862. The molecule has 2 aromatic rings. The van der Waals surface area contributed by atoms with Crippen LogP contribution in [0.25, 0.3) is 0 Å². The van der Waals surface area contributed by atoms with E-state index in [0.717, 1.165) is 47.4 Å². The summed E-state index contributed by atoms with van der Waals surface area (Å²) in [5.74, 6) is 1.57. The van der Waals surface area contributed by atoms with Crippen LogP contribution in [0.15, 0.2) is 24.3 Å². The van der Waals surface area contributed by atoms with Gasteiger partial charge in [-0.2, -0.15) is 0 Å². The minimum Gasteiger partial charge on any atom is -0.497 e. The molecule has 1 aliphatic rings. The van der Waals surface area contributed by atoms with Crippen molar-refractivity contribution in [3.8, 4) is 5.75 Å². The smallest absolute Gasteiger partial charge is 0.225 e. The van der Waals surface area contributed by atoms with Crippen molar-refractivity contribution in [2.45, 2.75) is 39.5 Å². The number of aryl methyl sites for hydroxylation is 3. The van der Waals surface area contributed by atoms with Crippen molar-refractivity contribution in [1.82, 2.24) is 9.97 Å². The zero-order chi connectivity index (χ0) is 18.5. The Morgan fingerprint density at radius 2 is 1.73 bits per heavy atom. The van der Waals surface area contributed by atoms with Gasteiger partial charge in [0, 0.05) is 19.5 Å². The lowest BCUT2D eigenvalue weighted by Crippen LogP contribution is -2.22. The number of rotatable bonds is 6. The van der Waals surface area contributed by atoms with Crippen LogP contribution < -0.4 is 15.0 Å². The van der Waals surface area contributed by atoms with Crippen LogP contribution in [0.1, 0.15) is 36.2 Å². The fourth-order valence-corrected chi connectivity index (χ4v) is 3.19. The zero-order valence-electron chi connectivity index (χ0n) is 15.7. The molecule has 6 nitrogen and oxygen atoms in total. The summed E-state index contributed by atoms with van der Waals surface area (Å²) >= 11 is 0. The van der Waals surface area contributed by atoms with E-state index < -0.39 is 0 Å². The van der Waals surface area contributed by atoms with Crippen LogP contribution in [-0.4, -0.2) is 36.1 Å². The second-order valence-electron chi connectivity index (χ2n) is 6.66. The van der Waals surface area contributed by atoms with E-state index in [1.807, 2.05) is 38.1 Å². The first-order valence-corrected chi connectivity index (χ1v) is 9.10. The average Bonchev–Trinajstić information content (AvgIpc) is 3.18. The van der Waals surface area contributed by atoms with Gasteiger partial charge in [0.25, 0.3) is 0 Å². The molecule has 138 valence electrons. The lowest BCUT2D eigenvalue weighted by atomic mass is 10.1. The first kappa shape index (κ1) is 18.2. The lowest BCUT2D eigenvalue weighted by molar-refractivity contribution is -0.116. The first-order valence-electron chi connectivity index (χ1n) is 9.10. The Labute approximate surface area is 154 Å². The summed E-state index contributed by atoms with van der Waals surface area (Å²) in [4.78, 5) is 23.7. The van der Waals surface area contributed by atoms with Crippen molar-refractivity contribution in [2.24, 2.45) is 0 Å². The molecule has 3 rings (SSSR count). The predicted octanol–water partition coefficient (Wildman–Crippen LogP) is 3.27. The SMILES string of the molecule is COc1ccc(CCC(=O)Nc2c(C)nc(N3CCCC3)nc2C)cc1. The highest BCUT2D eigenvalue weighted by Gasteiger charge is 2.18. The van der Waals surface area contributed by atoms with Crippen LogP contribution in [0.3, 0.4) is 0 Å². The molecule has 1 amide bonds. The van der Waals surface area contributed by atoms with Crippen LogP contribution in [0.4, 0.5) is 11.6 Å². The number of hydrogen-bond donors (Lipinski definition) is 1. The van der Waals surface area contributed by atoms with Gasteiger partial charge >= 0.3 is 0 Å². The minimum atomic E-state index is -0.0236. The number of nitrogens with one attached hydrogen (secondary N) is 1. The van der Waals surface area contributed by atoms with Gasteiger partial charge in [-0.25, -0.2) is 9.97 Å². The summed E-state index contributed by atoms with van der Waals surface area (Å²) in [6, 6.07) is 7.78. The first-order chi connectivity index (χ1) is 12.6. The van der Waals surface area contributed by atoms with Crippen LogP contribution in [0.2, 0.25) is 0 Å². The molecule has 6 heteroatoms. The average molecular weight is 354 g/mol. The molecule has 0 atom stereocenters. The molecule has 1 fully saturated rings. The van der Waals surface area contributed by atoms with E-state index in [2.05, 4.69) is 20.2 Å². The van der Waals surface area contributed by atoms with Crippen molar-refractivity contribution in [1.29, 1.82) is 0 Å². The maximum Gasteiger partial charge on any atom is 0.225 e. The molecule has 0 saturated carbocycles. The van der Waals surface area contributed by atoms with Gasteiger partial charge < -0.3 is 15.0 Å². The molecular formula is C20H26N4O2. The molecule has 0 unspecified atom stereocenters. The molecule has 0 spiro atoms. The minimum absolute atomic E-state index is 0.0236. The Bertz CT molecular complexity index is 745. The van der Waals surface area contributed by atoms with Gasteiger partial charge in [0.1, 0.15) is 5.75 Å². The molecule has 1 aliphatic heterocycles. The van der Waals surface area contributed by atoms with E-state index in [4.69, 9.17) is 4.74 Å². The molecule has 0 aliphatic carbocycles. The molecule has 1 N–H and O–H groups in total. The number of nitrogens with zero attached hydrogens (tertiary/aromatic N) is 3. The number of hydrogen-bond acceptors (Lipinski definition) is 5. The highest BCUT2D eigenvalue weighted by Crippen LogP contribution is 2.23. The van der Waals surface area contributed by atoms with Gasteiger partial charge in [0.05, 0.1) is 24.2 Å². The van der Waals surface area contributed by atoms with E-state index in [0.29, 0.717) is 12.8 Å². The third-order valence-corrected chi connectivity index (χ3v) is 4.71.